The molecule has 4 rings (SSSR count). The predicted octanol–water partition coefficient (Wildman–Crippen LogP) is 2.61. The van der Waals surface area contributed by atoms with E-state index in [-0.39, 0.29) is 5.41 Å². The third-order valence-corrected chi connectivity index (χ3v) is 4.98. The van der Waals surface area contributed by atoms with Gasteiger partial charge in [0.1, 0.15) is 5.84 Å². The molecule has 1 aromatic carbocycles. The standard InChI is InChI=1S/C19H19N7/c20-7-6-19(4-5-19)11-23-10-14-17(21)13-2-1-12(15-3-8-24-26-15)9-16(13)25-18(14)22/h1-3,8-10,21,23H,4-6,11H2,(H2,22,25)(H,24,26)/b14-10+,21-17?. The summed E-state index contributed by atoms with van der Waals surface area (Å²) < 4.78 is 0. The van der Waals surface area contributed by atoms with Gasteiger partial charge in [0.15, 0.2) is 0 Å². The largest absolute Gasteiger partial charge is 0.390 e. The summed E-state index contributed by atoms with van der Waals surface area (Å²) in [4.78, 5) is 4.47. The molecule has 1 aromatic heterocycles. The number of aliphatic imine (C=N–C) groups is 1. The molecule has 130 valence electrons. The van der Waals surface area contributed by atoms with Crippen LogP contribution in [0.2, 0.25) is 0 Å². The Balaban J connectivity index is 1.56. The maximum absolute atomic E-state index is 8.90. The zero-order valence-corrected chi connectivity index (χ0v) is 14.2. The number of nitriles is 1. The summed E-state index contributed by atoms with van der Waals surface area (Å²) in [7, 11) is 0. The minimum absolute atomic E-state index is 0.0882. The highest BCUT2D eigenvalue weighted by atomic mass is 15.1. The van der Waals surface area contributed by atoms with E-state index in [9.17, 15) is 0 Å². The van der Waals surface area contributed by atoms with Crippen LogP contribution in [0.3, 0.4) is 0 Å². The molecule has 0 radical (unpaired) electrons. The minimum Gasteiger partial charge on any atom is -0.390 e. The van der Waals surface area contributed by atoms with Crippen LogP contribution in [0.1, 0.15) is 24.8 Å². The predicted molar refractivity (Wildman–Crippen MR) is 100 cm³/mol. The summed E-state index contributed by atoms with van der Waals surface area (Å²) in [6.45, 7) is 0.718. The normalized spacial score (nSPS) is 18.8. The van der Waals surface area contributed by atoms with Crippen LogP contribution in [-0.4, -0.2) is 28.3 Å². The molecule has 7 nitrogen and oxygen atoms in total. The number of aromatic nitrogens is 2. The molecule has 0 amide bonds. The Kier molecular flexibility index (Phi) is 3.81. The number of hydrogen-bond acceptors (Lipinski definition) is 6. The van der Waals surface area contributed by atoms with Crippen LogP contribution in [0.15, 0.2) is 47.2 Å². The Morgan fingerprint density at radius 3 is 2.92 bits per heavy atom. The van der Waals surface area contributed by atoms with E-state index in [1.165, 1.54) is 0 Å². The highest BCUT2D eigenvalue weighted by molar-refractivity contribution is 6.32. The van der Waals surface area contributed by atoms with Gasteiger partial charge in [-0.1, -0.05) is 6.07 Å². The summed E-state index contributed by atoms with van der Waals surface area (Å²) >= 11 is 0. The van der Waals surface area contributed by atoms with Gasteiger partial charge in [0, 0.05) is 41.9 Å². The fourth-order valence-electron chi connectivity index (χ4n) is 3.16. The number of rotatable bonds is 5. The van der Waals surface area contributed by atoms with E-state index < -0.39 is 0 Å². The zero-order valence-electron chi connectivity index (χ0n) is 14.2. The van der Waals surface area contributed by atoms with Gasteiger partial charge in [-0.15, -0.1) is 0 Å². The van der Waals surface area contributed by atoms with Gasteiger partial charge in [0.2, 0.25) is 0 Å². The number of nitrogens with zero attached hydrogens (tertiary/aromatic N) is 3. The molecule has 0 bridgehead atoms. The van der Waals surface area contributed by atoms with Crippen LogP contribution < -0.4 is 11.1 Å². The third kappa shape index (κ3) is 2.86. The Bertz CT molecular complexity index is 956. The van der Waals surface area contributed by atoms with E-state index in [1.54, 1.807) is 12.4 Å². The molecule has 2 heterocycles. The zero-order chi connectivity index (χ0) is 18.1. The molecular weight excluding hydrogens is 326 g/mol. The average molecular weight is 345 g/mol. The first kappa shape index (κ1) is 16.1. The van der Waals surface area contributed by atoms with Gasteiger partial charge in [0.05, 0.1) is 28.7 Å². The first-order chi connectivity index (χ1) is 12.6. The maximum Gasteiger partial charge on any atom is 0.135 e. The van der Waals surface area contributed by atoms with E-state index in [0.717, 1.165) is 36.2 Å². The first-order valence-electron chi connectivity index (χ1n) is 8.50. The van der Waals surface area contributed by atoms with Crippen molar-refractivity contribution in [3.05, 3.63) is 47.8 Å². The van der Waals surface area contributed by atoms with Crippen molar-refractivity contribution in [1.82, 2.24) is 15.5 Å². The lowest BCUT2D eigenvalue weighted by atomic mass is 9.95. The van der Waals surface area contributed by atoms with Crippen LogP contribution >= 0.6 is 0 Å². The lowest BCUT2D eigenvalue weighted by molar-refractivity contribution is 0.502. The number of amidine groups is 1. The molecule has 0 atom stereocenters. The SMILES string of the molecule is N#CCC1(CN/C=C2\C(=N)c3ccc(-c4cc[nH]n4)cc3N=C2N)CC1. The van der Waals surface area contributed by atoms with Gasteiger partial charge in [-0.3, -0.25) is 10.5 Å². The van der Waals surface area contributed by atoms with Crippen molar-refractivity contribution < 1.29 is 0 Å². The Hall–Kier alpha value is -3.40. The van der Waals surface area contributed by atoms with Crippen molar-refractivity contribution >= 4 is 17.2 Å². The Labute approximate surface area is 151 Å². The number of nitrogens with one attached hydrogen (secondary N) is 3. The topological polar surface area (TPSA) is 127 Å². The van der Waals surface area contributed by atoms with Gasteiger partial charge in [-0.2, -0.15) is 10.4 Å². The number of fused-ring (bicyclic) bond motifs is 1. The Morgan fingerprint density at radius 1 is 1.38 bits per heavy atom. The molecule has 1 aliphatic heterocycles. The molecule has 1 saturated carbocycles. The summed E-state index contributed by atoms with van der Waals surface area (Å²) in [5, 5.41) is 27.6. The van der Waals surface area contributed by atoms with Gasteiger partial charge in [0.25, 0.3) is 0 Å². The fraction of sp³-hybridized carbons (Fsp3) is 0.263. The van der Waals surface area contributed by atoms with Crippen molar-refractivity contribution in [2.75, 3.05) is 6.54 Å². The number of H-pyrrole nitrogens is 1. The molecular formula is C19H19N7. The van der Waals surface area contributed by atoms with E-state index in [4.69, 9.17) is 16.4 Å². The summed E-state index contributed by atoms with van der Waals surface area (Å²) in [5.41, 5.74) is 10.3. The minimum atomic E-state index is 0.0882. The van der Waals surface area contributed by atoms with Crippen molar-refractivity contribution in [1.29, 1.82) is 10.7 Å². The van der Waals surface area contributed by atoms with Crippen molar-refractivity contribution in [2.24, 2.45) is 16.1 Å². The fourth-order valence-corrected chi connectivity index (χ4v) is 3.16. The number of benzene rings is 1. The van der Waals surface area contributed by atoms with Crippen molar-refractivity contribution in [2.45, 2.75) is 19.3 Å². The molecule has 2 aromatic rings. The van der Waals surface area contributed by atoms with E-state index in [1.807, 2.05) is 24.3 Å². The van der Waals surface area contributed by atoms with Crippen LogP contribution in [-0.2, 0) is 0 Å². The van der Waals surface area contributed by atoms with Crippen molar-refractivity contribution in [3.8, 4) is 17.3 Å². The molecule has 1 fully saturated rings. The second-order valence-electron chi connectivity index (χ2n) is 6.84. The summed E-state index contributed by atoms with van der Waals surface area (Å²) in [6.07, 6.45) is 6.21. The van der Waals surface area contributed by atoms with Crippen LogP contribution in [0.4, 0.5) is 5.69 Å². The summed E-state index contributed by atoms with van der Waals surface area (Å²) in [6, 6.07) is 9.83. The maximum atomic E-state index is 8.90. The lowest BCUT2D eigenvalue weighted by Crippen LogP contribution is -2.28. The second-order valence-corrected chi connectivity index (χ2v) is 6.84. The molecule has 7 heteroatoms. The highest BCUT2D eigenvalue weighted by Gasteiger charge is 2.41. The number of aromatic amines is 1. The van der Waals surface area contributed by atoms with Gasteiger partial charge >= 0.3 is 0 Å². The Morgan fingerprint density at radius 2 is 2.23 bits per heavy atom. The van der Waals surface area contributed by atoms with Crippen LogP contribution in [0.25, 0.3) is 11.3 Å². The lowest BCUT2D eigenvalue weighted by Gasteiger charge is -2.19. The van der Waals surface area contributed by atoms with Gasteiger partial charge in [-0.05, 0) is 31.0 Å². The quantitative estimate of drug-likeness (QED) is 0.664. The van der Waals surface area contributed by atoms with E-state index >= 15 is 0 Å². The summed E-state index contributed by atoms with van der Waals surface area (Å²) in [5.74, 6) is 0.319. The van der Waals surface area contributed by atoms with E-state index in [2.05, 4.69) is 26.6 Å². The molecule has 0 saturated heterocycles. The molecule has 0 spiro atoms. The monoisotopic (exact) mass is 345 g/mol. The van der Waals surface area contributed by atoms with Crippen LogP contribution in [0.5, 0.6) is 0 Å². The van der Waals surface area contributed by atoms with Crippen molar-refractivity contribution in [3.63, 3.8) is 0 Å². The van der Waals surface area contributed by atoms with E-state index in [0.29, 0.717) is 29.2 Å². The number of hydrogen-bond donors (Lipinski definition) is 4. The molecule has 0 unspecified atom stereocenters. The highest BCUT2D eigenvalue weighted by Crippen LogP contribution is 2.47. The smallest absolute Gasteiger partial charge is 0.135 e. The molecule has 1 aliphatic carbocycles. The molecule has 26 heavy (non-hydrogen) atoms. The first-order valence-corrected chi connectivity index (χ1v) is 8.50. The van der Waals surface area contributed by atoms with Gasteiger partial charge in [-0.25, -0.2) is 4.99 Å². The van der Waals surface area contributed by atoms with Gasteiger partial charge < -0.3 is 11.1 Å². The third-order valence-electron chi connectivity index (χ3n) is 4.98. The molecule has 2 aliphatic rings. The molecule has 5 N–H and O–H groups in total. The van der Waals surface area contributed by atoms with Crippen LogP contribution in [0, 0.1) is 22.2 Å². The average Bonchev–Trinajstić information content (AvgIpc) is 3.17. The number of nitrogens with two attached hydrogens (primary N) is 1. The second kappa shape index (κ2) is 6.15.